The average Bonchev–Trinajstić information content (AvgIpc) is 2.60. The number of aromatic nitrogens is 2. The third-order valence-electron chi connectivity index (χ3n) is 1.66. The zero-order valence-electron chi connectivity index (χ0n) is 8.95. The zero-order chi connectivity index (χ0) is 11.1. The van der Waals surface area contributed by atoms with E-state index < -0.39 is 0 Å². The zero-order valence-corrected chi connectivity index (χ0v) is 8.95. The van der Waals surface area contributed by atoms with Gasteiger partial charge < -0.3 is 14.5 Å². The highest BCUT2D eigenvalue weighted by Gasteiger charge is 2.03. The smallest absolute Gasteiger partial charge is 0.307 e. The van der Waals surface area contributed by atoms with Crippen molar-refractivity contribution in [2.75, 3.05) is 13.2 Å². The molecule has 1 aromatic heterocycles. The Balaban J connectivity index is 2.09. The van der Waals surface area contributed by atoms with Crippen molar-refractivity contribution in [1.29, 1.82) is 0 Å². The summed E-state index contributed by atoms with van der Waals surface area (Å²) in [4.78, 5) is 10.9. The van der Waals surface area contributed by atoms with Crippen LogP contribution in [0.1, 0.15) is 25.1 Å². The predicted octanol–water partition coefficient (Wildman–Crippen LogP) is 0.421. The first-order valence-corrected chi connectivity index (χ1v) is 4.87. The van der Waals surface area contributed by atoms with Crippen molar-refractivity contribution in [1.82, 2.24) is 15.5 Å². The molecule has 0 aliphatic carbocycles. The maximum Gasteiger partial charge on any atom is 0.307 e. The number of hydrogen-bond donors (Lipinski definition) is 1. The number of ether oxygens (including phenoxy) is 1. The minimum atomic E-state index is -0.202. The third kappa shape index (κ3) is 4.55. The number of aryl methyl sites for hydroxylation is 1. The summed E-state index contributed by atoms with van der Waals surface area (Å²) in [6, 6.07) is 0. The van der Waals surface area contributed by atoms with E-state index in [2.05, 4.69) is 15.5 Å². The van der Waals surface area contributed by atoms with Gasteiger partial charge in [0.05, 0.1) is 19.6 Å². The second kappa shape index (κ2) is 6.13. The molecule has 1 heterocycles. The molecule has 0 saturated heterocycles. The summed E-state index contributed by atoms with van der Waals surface area (Å²) in [5.41, 5.74) is 0. The van der Waals surface area contributed by atoms with Gasteiger partial charge in [0, 0.05) is 13.5 Å². The third-order valence-corrected chi connectivity index (χ3v) is 1.66. The molecule has 0 unspecified atom stereocenters. The summed E-state index contributed by atoms with van der Waals surface area (Å²) in [5, 5.41) is 10.5. The van der Waals surface area contributed by atoms with Gasteiger partial charge in [0.15, 0.2) is 0 Å². The van der Waals surface area contributed by atoms with Gasteiger partial charge in [-0.15, -0.1) is 10.2 Å². The van der Waals surface area contributed by atoms with Crippen molar-refractivity contribution in [3.8, 4) is 0 Å². The summed E-state index contributed by atoms with van der Waals surface area (Å²) in [7, 11) is 0. The van der Waals surface area contributed by atoms with Gasteiger partial charge in [-0.05, 0) is 6.92 Å². The highest BCUT2D eigenvalue weighted by atomic mass is 16.5. The maximum absolute atomic E-state index is 10.9. The van der Waals surface area contributed by atoms with Crippen molar-refractivity contribution in [2.45, 2.75) is 26.8 Å². The number of nitrogens with one attached hydrogen (secondary N) is 1. The molecule has 0 aliphatic heterocycles. The molecule has 6 nitrogen and oxygen atoms in total. The molecule has 0 fully saturated rings. The fourth-order valence-electron chi connectivity index (χ4n) is 1.03. The molecule has 0 radical (unpaired) electrons. The standard InChI is InChI=1S/C9H15N3O3/c1-3-14-9(13)4-5-10-6-8-12-11-7(2)15-8/h10H,3-6H2,1-2H3. The molecule has 0 saturated carbocycles. The first kappa shape index (κ1) is 11.6. The highest BCUT2D eigenvalue weighted by Crippen LogP contribution is 1.96. The SMILES string of the molecule is CCOC(=O)CCNCc1nnc(C)o1. The van der Waals surface area contributed by atoms with Gasteiger partial charge in [0.25, 0.3) is 0 Å². The summed E-state index contributed by atoms with van der Waals surface area (Å²) in [6.45, 7) is 4.95. The van der Waals surface area contributed by atoms with Crippen molar-refractivity contribution in [3.05, 3.63) is 11.8 Å². The van der Waals surface area contributed by atoms with Gasteiger partial charge in [-0.2, -0.15) is 0 Å². The lowest BCUT2D eigenvalue weighted by atomic mass is 10.4. The van der Waals surface area contributed by atoms with Crippen LogP contribution in [0.2, 0.25) is 0 Å². The van der Waals surface area contributed by atoms with Gasteiger partial charge in [-0.3, -0.25) is 4.79 Å². The van der Waals surface area contributed by atoms with Gasteiger partial charge >= 0.3 is 5.97 Å². The minimum absolute atomic E-state index is 0.202. The molecule has 0 spiro atoms. The number of carbonyl (C=O) groups excluding carboxylic acids is 1. The Morgan fingerprint density at radius 3 is 2.93 bits per heavy atom. The number of hydrogen-bond acceptors (Lipinski definition) is 6. The van der Waals surface area contributed by atoms with Gasteiger partial charge in [0.2, 0.25) is 11.8 Å². The lowest BCUT2D eigenvalue weighted by molar-refractivity contribution is -0.142. The quantitative estimate of drug-likeness (QED) is 0.545. The van der Waals surface area contributed by atoms with E-state index in [0.29, 0.717) is 37.9 Å². The van der Waals surface area contributed by atoms with Crippen LogP contribution >= 0.6 is 0 Å². The number of nitrogens with zero attached hydrogens (tertiary/aromatic N) is 2. The molecule has 0 aliphatic rings. The van der Waals surface area contributed by atoms with Crippen LogP contribution in [0.3, 0.4) is 0 Å². The van der Waals surface area contributed by atoms with Crippen molar-refractivity contribution in [3.63, 3.8) is 0 Å². The largest absolute Gasteiger partial charge is 0.466 e. The molecular formula is C9H15N3O3. The minimum Gasteiger partial charge on any atom is -0.466 e. The first-order valence-electron chi connectivity index (χ1n) is 4.87. The topological polar surface area (TPSA) is 77.2 Å². The summed E-state index contributed by atoms with van der Waals surface area (Å²) < 4.78 is 9.91. The lowest BCUT2D eigenvalue weighted by Crippen LogP contribution is -2.19. The molecule has 0 amide bonds. The lowest BCUT2D eigenvalue weighted by Gasteiger charge is -2.01. The first-order chi connectivity index (χ1) is 7.22. The van der Waals surface area contributed by atoms with Crippen LogP contribution in [-0.2, 0) is 16.1 Å². The normalized spacial score (nSPS) is 10.3. The molecule has 84 valence electrons. The molecule has 1 aromatic rings. The van der Waals surface area contributed by atoms with Gasteiger partial charge in [-0.25, -0.2) is 0 Å². The van der Waals surface area contributed by atoms with Crippen molar-refractivity contribution >= 4 is 5.97 Å². The summed E-state index contributed by atoms with van der Waals surface area (Å²) >= 11 is 0. The van der Waals surface area contributed by atoms with E-state index in [1.807, 2.05) is 0 Å². The van der Waals surface area contributed by atoms with Crippen LogP contribution < -0.4 is 5.32 Å². The molecular weight excluding hydrogens is 198 g/mol. The second-order valence-electron chi connectivity index (χ2n) is 2.95. The van der Waals surface area contributed by atoms with Crippen molar-refractivity contribution < 1.29 is 13.9 Å². The Bertz CT molecular complexity index is 311. The number of rotatable bonds is 6. The molecule has 1 N–H and O–H groups in total. The fourth-order valence-corrected chi connectivity index (χ4v) is 1.03. The van der Waals surface area contributed by atoms with Gasteiger partial charge in [0.1, 0.15) is 0 Å². The van der Waals surface area contributed by atoms with Gasteiger partial charge in [-0.1, -0.05) is 0 Å². The highest BCUT2D eigenvalue weighted by molar-refractivity contribution is 5.69. The summed E-state index contributed by atoms with van der Waals surface area (Å²) in [6.07, 6.45) is 0.348. The molecule has 0 atom stereocenters. The van der Waals surface area contributed by atoms with Crippen LogP contribution in [0.25, 0.3) is 0 Å². The Kier molecular flexibility index (Phi) is 4.76. The Hall–Kier alpha value is -1.43. The maximum atomic E-state index is 10.9. The number of esters is 1. The molecule has 6 heteroatoms. The van der Waals surface area contributed by atoms with E-state index in [-0.39, 0.29) is 5.97 Å². The van der Waals surface area contributed by atoms with Crippen LogP contribution in [-0.4, -0.2) is 29.3 Å². The van der Waals surface area contributed by atoms with E-state index in [9.17, 15) is 4.79 Å². The van der Waals surface area contributed by atoms with E-state index >= 15 is 0 Å². The average molecular weight is 213 g/mol. The molecule has 1 rings (SSSR count). The van der Waals surface area contributed by atoms with E-state index in [0.717, 1.165) is 0 Å². The Labute approximate surface area is 88.0 Å². The monoisotopic (exact) mass is 213 g/mol. The predicted molar refractivity (Wildman–Crippen MR) is 52.0 cm³/mol. The molecule has 15 heavy (non-hydrogen) atoms. The van der Waals surface area contributed by atoms with E-state index in [1.165, 1.54) is 0 Å². The van der Waals surface area contributed by atoms with Crippen molar-refractivity contribution in [2.24, 2.45) is 0 Å². The second-order valence-corrected chi connectivity index (χ2v) is 2.95. The van der Waals surface area contributed by atoms with Crippen LogP contribution in [0.4, 0.5) is 0 Å². The molecule has 0 bridgehead atoms. The summed E-state index contributed by atoms with van der Waals surface area (Å²) in [5.74, 6) is 0.861. The van der Waals surface area contributed by atoms with E-state index in [1.54, 1.807) is 13.8 Å². The van der Waals surface area contributed by atoms with Crippen LogP contribution in [0.15, 0.2) is 4.42 Å². The Morgan fingerprint density at radius 2 is 2.33 bits per heavy atom. The Morgan fingerprint density at radius 1 is 1.53 bits per heavy atom. The fraction of sp³-hybridized carbons (Fsp3) is 0.667. The van der Waals surface area contributed by atoms with Crippen LogP contribution in [0, 0.1) is 6.92 Å². The van der Waals surface area contributed by atoms with Crippen LogP contribution in [0.5, 0.6) is 0 Å². The van der Waals surface area contributed by atoms with E-state index in [4.69, 9.17) is 9.15 Å². The number of carbonyl (C=O) groups is 1. The molecule has 0 aromatic carbocycles.